The molecule has 1 aromatic rings. The minimum atomic E-state index is -0.722. The van der Waals surface area contributed by atoms with Crippen LogP contribution in [0.15, 0.2) is 24.3 Å². The van der Waals surface area contributed by atoms with Gasteiger partial charge in [-0.3, -0.25) is 10.1 Å². The lowest BCUT2D eigenvalue weighted by molar-refractivity contribution is -0.119. The highest BCUT2D eigenvalue weighted by atomic mass is 35.5. The van der Waals surface area contributed by atoms with Crippen LogP contribution in [-0.4, -0.2) is 17.3 Å². The van der Waals surface area contributed by atoms with Crippen molar-refractivity contribution in [3.63, 3.8) is 0 Å². The number of halogens is 1. The largest absolute Gasteiger partial charge is 0.334 e. The van der Waals surface area contributed by atoms with Crippen molar-refractivity contribution in [2.75, 3.05) is 0 Å². The van der Waals surface area contributed by atoms with Gasteiger partial charge in [0.05, 0.1) is 0 Å². The molecule has 2 N–H and O–H groups in total. The first-order chi connectivity index (χ1) is 7.99. The van der Waals surface area contributed by atoms with Crippen LogP contribution in [0, 0.1) is 6.92 Å². The molecule has 3 amide bonds. The lowest BCUT2D eigenvalue weighted by Gasteiger charge is -2.07. The molecule has 1 unspecified atom stereocenters. The van der Waals surface area contributed by atoms with E-state index in [9.17, 15) is 9.59 Å². The van der Waals surface area contributed by atoms with Crippen LogP contribution in [0.25, 0.3) is 0 Å². The van der Waals surface area contributed by atoms with Crippen LogP contribution in [0.3, 0.4) is 0 Å². The van der Waals surface area contributed by atoms with Crippen LogP contribution in [-0.2, 0) is 11.3 Å². The second-order valence-electron chi connectivity index (χ2n) is 3.77. The standard InChI is InChI=1S/C12H15ClN2O2/c1-8-3-5-10(6-4-8)7-14-12(17)15-11(16)9(2)13/h3-6,9H,7H2,1-2H3,(H2,14,15,16,17). The van der Waals surface area contributed by atoms with Crippen molar-refractivity contribution in [1.82, 2.24) is 10.6 Å². The fourth-order valence-electron chi connectivity index (χ4n) is 1.14. The number of rotatable bonds is 3. The molecule has 0 fully saturated rings. The number of imide groups is 1. The van der Waals surface area contributed by atoms with Crippen LogP contribution >= 0.6 is 11.6 Å². The Bertz CT molecular complexity index is 401. The van der Waals surface area contributed by atoms with E-state index < -0.39 is 17.3 Å². The highest BCUT2D eigenvalue weighted by molar-refractivity contribution is 6.31. The molecule has 0 aliphatic rings. The molecule has 0 saturated carbocycles. The van der Waals surface area contributed by atoms with Crippen LogP contribution < -0.4 is 10.6 Å². The number of amides is 3. The molecule has 5 heteroatoms. The van der Waals surface area contributed by atoms with Gasteiger partial charge in [-0.25, -0.2) is 4.79 Å². The summed E-state index contributed by atoms with van der Waals surface area (Å²) in [4.78, 5) is 22.4. The van der Waals surface area contributed by atoms with Gasteiger partial charge in [0, 0.05) is 6.54 Å². The summed E-state index contributed by atoms with van der Waals surface area (Å²) in [5, 5.41) is 3.99. The third-order valence-electron chi connectivity index (χ3n) is 2.17. The van der Waals surface area contributed by atoms with Gasteiger partial charge in [0.15, 0.2) is 0 Å². The van der Waals surface area contributed by atoms with Crippen molar-refractivity contribution in [1.29, 1.82) is 0 Å². The molecular weight excluding hydrogens is 240 g/mol. The number of carbonyl (C=O) groups is 2. The Morgan fingerprint density at radius 1 is 1.29 bits per heavy atom. The number of hydrogen-bond acceptors (Lipinski definition) is 2. The van der Waals surface area contributed by atoms with E-state index in [1.807, 2.05) is 31.2 Å². The van der Waals surface area contributed by atoms with Crippen molar-refractivity contribution in [2.45, 2.75) is 25.8 Å². The van der Waals surface area contributed by atoms with Crippen LogP contribution in [0.5, 0.6) is 0 Å². The summed E-state index contributed by atoms with van der Waals surface area (Å²) in [5.74, 6) is -0.506. The Morgan fingerprint density at radius 3 is 2.41 bits per heavy atom. The number of benzene rings is 1. The van der Waals surface area contributed by atoms with E-state index in [1.165, 1.54) is 6.92 Å². The first-order valence-corrected chi connectivity index (χ1v) is 5.71. The SMILES string of the molecule is Cc1ccc(CNC(=O)NC(=O)C(C)Cl)cc1. The molecule has 0 aliphatic heterocycles. The molecule has 0 radical (unpaired) electrons. The van der Waals surface area contributed by atoms with E-state index in [0.717, 1.165) is 11.1 Å². The summed E-state index contributed by atoms with van der Waals surface area (Å²) >= 11 is 5.51. The number of carbonyl (C=O) groups excluding carboxylic acids is 2. The van der Waals surface area contributed by atoms with E-state index in [0.29, 0.717) is 6.54 Å². The average molecular weight is 255 g/mol. The molecular formula is C12H15ClN2O2. The maximum Gasteiger partial charge on any atom is 0.321 e. The van der Waals surface area contributed by atoms with E-state index >= 15 is 0 Å². The number of urea groups is 1. The van der Waals surface area contributed by atoms with Gasteiger partial charge in [-0.1, -0.05) is 29.8 Å². The zero-order chi connectivity index (χ0) is 12.8. The van der Waals surface area contributed by atoms with Gasteiger partial charge in [0.2, 0.25) is 5.91 Å². The topological polar surface area (TPSA) is 58.2 Å². The van der Waals surface area contributed by atoms with Crippen LogP contribution in [0.2, 0.25) is 0 Å². The molecule has 0 saturated heterocycles. The second-order valence-corrected chi connectivity index (χ2v) is 4.43. The van der Waals surface area contributed by atoms with Crippen LogP contribution in [0.1, 0.15) is 18.1 Å². The van der Waals surface area contributed by atoms with E-state index in [4.69, 9.17) is 11.6 Å². The molecule has 1 aromatic carbocycles. The quantitative estimate of drug-likeness (QED) is 0.810. The normalized spacial score (nSPS) is 11.7. The van der Waals surface area contributed by atoms with Gasteiger partial charge in [-0.05, 0) is 19.4 Å². The summed E-state index contributed by atoms with van der Waals surface area (Å²) in [6, 6.07) is 7.22. The molecule has 1 atom stereocenters. The molecule has 0 aromatic heterocycles. The predicted octanol–water partition coefficient (Wildman–Crippen LogP) is 1.95. The summed E-state index contributed by atoms with van der Waals surface area (Å²) in [7, 11) is 0. The zero-order valence-electron chi connectivity index (χ0n) is 9.79. The summed E-state index contributed by atoms with van der Waals surface area (Å²) in [6.07, 6.45) is 0. The smallest absolute Gasteiger partial charge is 0.321 e. The Balaban J connectivity index is 2.38. The molecule has 0 bridgehead atoms. The van der Waals surface area contributed by atoms with Crippen molar-refractivity contribution in [2.24, 2.45) is 0 Å². The van der Waals surface area contributed by atoms with E-state index in [1.54, 1.807) is 0 Å². The Morgan fingerprint density at radius 2 is 1.88 bits per heavy atom. The maximum atomic E-state index is 11.3. The fourth-order valence-corrected chi connectivity index (χ4v) is 1.20. The second kappa shape index (κ2) is 6.25. The van der Waals surface area contributed by atoms with Crippen LogP contribution in [0.4, 0.5) is 4.79 Å². The van der Waals surface area contributed by atoms with Gasteiger partial charge >= 0.3 is 6.03 Å². The monoisotopic (exact) mass is 254 g/mol. The predicted molar refractivity (Wildman–Crippen MR) is 66.9 cm³/mol. The van der Waals surface area contributed by atoms with Crippen molar-refractivity contribution in [3.8, 4) is 0 Å². The molecule has 0 heterocycles. The van der Waals surface area contributed by atoms with Gasteiger partial charge < -0.3 is 5.32 Å². The lowest BCUT2D eigenvalue weighted by atomic mass is 10.1. The first kappa shape index (κ1) is 13.5. The van der Waals surface area contributed by atoms with Gasteiger partial charge in [0.1, 0.15) is 5.38 Å². The molecule has 92 valence electrons. The summed E-state index contributed by atoms with van der Waals surface area (Å²) in [6.45, 7) is 3.87. The van der Waals surface area contributed by atoms with E-state index in [-0.39, 0.29) is 0 Å². The van der Waals surface area contributed by atoms with E-state index in [2.05, 4.69) is 10.6 Å². The average Bonchev–Trinajstić information content (AvgIpc) is 2.28. The maximum absolute atomic E-state index is 11.3. The highest BCUT2D eigenvalue weighted by Gasteiger charge is 2.12. The Labute approximate surface area is 105 Å². The first-order valence-electron chi connectivity index (χ1n) is 5.27. The number of alkyl halides is 1. The highest BCUT2D eigenvalue weighted by Crippen LogP contribution is 2.02. The van der Waals surface area contributed by atoms with Crippen molar-refractivity contribution < 1.29 is 9.59 Å². The lowest BCUT2D eigenvalue weighted by Crippen LogP contribution is -2.41. The van der Waals surface area contributed by atoms with Crippen molar-refractivity contribution >= 4 is 23.5 Å². The zero-order valence-corrected chi connectivity index (χ0v) is 10.5. The van der Waals surface area contributed by atoms with Gasteiger partial charge in [-0.2, -0.15) is 0 Å². The number of nitrogens with one attached hydrogen (secondary N) is 2. The fraction of sp³-hybridized carbons (Fsp3) is 0.333. The van der Waals surface area contributed by atoms with Crippen molar-refractivity contribution in [3.05, 3.63) is 35.4 Å². The molecule has 1 rings (SSSR count). The van der Waals surface area contributed by atoms with Gasteiger partial charge in [0.25, 0.3) is 0 Å². The molecule has 0 aliphatic carbocycles. The summed E-state index contributed by atoms with van der Waals surface area (Å²) in [5.41, 5.74) is 2.13. The molecule has 17 heavy (non-hydrogen) atoms. The molecule has 4 nitrogen and oxygen atoms in total. The number of hydrogen-bond donors (Lipinski definition) is 2. The Hall–Kier alpha value is -1.55. The minimum absolute atomic E-state index is 0.371. The molecule has 0 spiro atoms. The minimum Gasteiger partial charge on any atom is -0.334 e. The Kier molecular flexibility index (Phi) is 4.97. The van der Waals surface area contributed by atoms with Gasteiger partial charge in [-0.15, -0.1) is 11.6 Å². The summed E-state index contributed by atoms with van der Waals surface area (Å²) < 4.78 is 0. The number of aryl methyl sites for hydroxylation is 1. The third-order valence-corrected chi connectivity index (χ3v) is 2.37. The third kappa shape index (κ3) is 4.87.